The van der Waals surface area contributed by atoms with Crippen molar-refractivity contribution in [3.8, 4) is 5.69 Å². The molecule has 5 nitrogen and oxygen atoms in total. The van der Waals surface area contributed by atoms with Gasteiger partial charge in [0.25, 0.3) is 0 Å². The predicted octanol–water partition coefficient (Wildman–Crippen LogP) is 2.10. The zero-order chi connectivity index (χ0) is 13.7. The zero-order valence-corrected chi connectivity index (χ0v) is 11.0. The Labute approximate surface area is 109 Å². The van der Waals surface area contributed by atoms with Gasteiger partial charge in [-0.1, -0.05) is 6.07 Å². The van der Waals surface area contributed by atoms with Crippen LogP contribution in [-0.4, -0.2) is 19.3 Å². The van der Waals surface area contributed by atoms with Crippen molar-refractivity contribution < 1.29 is 4.39 Å². The molecular weight excluding hydrogens is 245 g/mol. The molecule has 0 unspecified atom stereocenters. The van der Waals surface area contributed by atoms with Gasteiger partial charge in [0.05, 0.1) is 11.4 Å². The van der Waals surface area contributed by atoms with Gasteiger partial charge in [-0.3, -0.25) is 4.57 Å². The summed E-state index contributed by atoms with van der Waals surface area (Å²) in [6, 6.07) is 4.90. The lowest BCUT2D eigenvalue weighted by Gasteiger charge is -2.10. The fraction of sp³-hybridized carbons (Fsp3) is 0.231. The smallest absolute Gasteiger partial charge is 0.207 e. The fourth-order valence-electron chi connectivity index (χ4n) is 2.37. The van der Waals surface area contributed by atoms with Crippen LogP contribution in [0.15, 0.2) is 18.2 Å². The summed E-state index contributed by atoms with van der Waals surface area (Å²) in [6.45, 7) is 3.59. The molecule has 0 fully saturated rings. The van der Waals surface area contributed by atoms with Crippen molar-refractivity contribution in [1.82, 2.24) is 19.3 Å². The number of hydrogen-bond acceptors (Lipinski definition) is 3. The second-order valence-corrected chi connectivity index (χ2v) is 4.57. The Morgan fingerprint density at radius 2 is 2.00 bits per heavy atom. The second kappa shape index (κ2) is 3.81. The molecule has 6 heteroatoms. The second-order valence-electron chi connectivity index (χ2n) is 4.57. The van der Waals surface area contributed by atoms with Crippen LogP contribution in [-0.2, 0) is 7.05 Å². The maximum absolute atomic E-state index is 13.7. The van der Waals surface area contributed by atoms with Crippen LogP contribution < -0.4 is 5.73 Å². The summed E-state index contributed by atoms with van der Waals surface area (Å²) < 4.78 is 17.1. The number of nitrogen functional groups attached to an aromatic ring is 1. The van der Waals surface area contributed by atoms with E-state index in [4.69, 9.17) is 5.73 Å². The van der Waals surface area contributed by atoms with E-state index >= 15 is 0 Å². The maximum Gasteiger partial charge on any atom is 0.207 e. The van der Waals surface area contributed by atoms with Gasteiger partial charge in [0, 0.05) is 12.6 Å². The summed E-state index contributed by atoms with van der Waals surface area (Å²) in [7, 11) is 1.82. The molecule has 2 N–H and O–H groups in total. The molecule has 0 aliphatic rings. The number of nitrogens with zero attached hydrogens (tertiary/aromatic N) is 4. The van der Waals surface area contributed by atoms with E-state index in [-0.39, 0.29) is 5.82 Å². The minimum absolute atomic E-state index is 0.266. The highest BCUT2D eigenvalue weighted by Crippen LogP contribution is 2.27. The van der Waals surface area contributed by atoms with E-state index in [0.717, 1.165) is 16.9 Å². The van der Waals surface area contributed by atoms with Crippen LogP contribution in [0.25, 0.3) is 16.9 Å². The Kier molecular flexibility index (Phi) is 2.35. The molecule has 3 aromatic rings. The standard InChI is InChI=1S/C13H14FN5/c1-7-9(14)5-4-6-10(7)19-12-11(16-13(19)15)8(2)17-18(12)3/h4-6H,1-3H3,(H2,15,16). The third-order valence-corrected chi connectivity index (χ3v) is 3.31. The van der Waals surface area contributed by atoms with Gasteiger partial charge >= 0.3 is 0 Å². The lowest BCUT2D eigenvalue weighted by molar-refractivity contribution is 0.617. The Bertz CT molecular complexity index is 784. The molecular formula is C13H14FN5. The van der Waals surface area contributed by atoms with Gasteiger partial charge in [-0.05, 0) is 26.0 Å². The molecule has 1 aromatic carbocycles. The third kappa shape index (κ3) is 1.53. The largest absolute Gasteiger partial charge is 0.369 e. The summed E-state index contributed by atoms with van der Waals surface area (Å²) in [5, 5.41) is 4.31. The third-order valence-electron chi connectivity index (χ3n) is 3.31. The average Bonchev–Trinajstić information content (AvgIpc) is 2.82. The molecule has 2 aromatic heterocycles. The molecule has 0 amide bonds. The van der Waals surface area contributed by atoms with E-state index < -0.39 is 0 Å². The predicted molar refractivity (Wildman–Crippen MR) is 71.7 cm³/mol. The number of imidazole rings is 1. The van der Waals surface area contributed by atoms with E-state index in [0.29, 0.717) is 17.2 Å². The van der Waals surface area contributed by atoms with Crippen molar-refractivity contribution in [3.63, 3.8) is 0 Å². The molecule has 0 bridgehead atoms. The summed E-state index contributed by atoms with van der Waals surface area (Å²) in [6.07, 6.45) is 0. The number of aryl methyl sites for hydroxylation is 2. The van der Waals surface area contributed by atoms with E-state index in [1.807, 2.05) is 20.0 Å². The number of rotatable bonds is 1. The molecule has 0 radical (unpaired) electrons. The topological polar surface area (TPSA) is 61.7 Å². The molecule has 0 saturated carbocycles. The van der Waals surface area contributed by atoms with Crippen LogP contribution in [0.3, 0.4) is 0 Å². The highest BCUT2D eigenvalue weighted by Gasteiger charge is 2.18. The highest BCUT2D eigenvalue weighted by molar-refractivity contribution is 5.80. The number of aromatic nitrogens is 4. The van der Waals surface area contributed by atoms with Crippen molar-refractivity contribution in [1.29, 1.82) is 0 Å². The highest BCUT2D eigenvalue weighted by atomic mass is 19.1. The van der Waals surface area contributed by atoms with Gasteiger partial charge in [-0.15, -0.1) is 0 Å². The molecule has 19 heavy (non-hydrogen) atoms. The first-order valence-corrected chi connectivity index (χ1v) is 5.93. The van der Waals surface area contributed by atoms with Crippen LogP contribution in [0.5, 0.6) is 0 Å². The lowest BCUT2D eigenvalue weighted by atomic mass is 10.2. The van der Waals surface area contributed by atoms with Crippen LogP contribution in [0.2, 0.25) is 0 Å². The lowest BCUT2D eigenvalue weighted by Crippen LogP contribution is -2.07. The maximum atomic E-state index is 13.7. The number of anilines is 1. The van der Waals surface area contributed by atoms with E-state index in [1.54, 1.807) is 22.2 Å². The normalized spacial score (nSPS) is 11.4. The number of nitrogens with two attached hydrogens (primary N) is 1. The Balaban J connectivity index is 2.42. The van der Waals surface area contributed by atoms with Gasteiger partial charge in [-0.2, -0.15) is 5.10 Å². The first-order chi connectivity index (χ1) is 9.00. The SMILES string of the molecule is Cc1c(F)cccc1-n1c(N)nc2c(C)nn(C)c21. The molecule has 0 spiro atoms. The van der Waals surface area contributed by atoms with Crippen LogP contribution >= 0.6 is 0 Å². The van der Waals surface area contributed by atoms with Gasteiger partial charge in [0.1, 0.15) is 11.3 Å². The molecule has 2 heterocycles. The summed E-state index contributed by atoms with van der Waals surface area (Å²) >= 11 is 0. The van der Waals surface area contributed by atoms with Crippen molar-refractivity contribution in [2.24, 2.45) is 7.05 Å². The van der Waals surface area contributed by atoms with Crippen molar-refractivity contribution >= 4 is 17.1 Å². The molecule has 0 atom stereocenters. The van der Waals surface area contributed by atoms with Gasteiger partial charge in [0.15, 0.2) is 5.65 Å². The monoisotopic (exact) mass is 259 g/mol. The number of benzene rings is 1. The molecule has 98 valence electrons. The van der Waals surface area contributed by atoms with Gasteiger partial charge in [-0.25, -0.2) is 14.1 Å². The van der Waals surface area contributed by atoms with Crippen molar-refractivity contribution in [2.45, 2.75) is 13.8 Å². The summed E-state index contributed by atoms with van der Waals surface area (Å²) in [4.78, 5) is 4.32. The van der Waals surface area contributed by atoms with Crippen molar-refractivity contribution in [3.05, 3.63) is 35.3 Å². The van der Waals surface area contributed by atoms with E-state index in [1.165, 1.54) is 6.07 Å². The van der Waals surface area contributed by atoms with E-state index in [2.05, 4.69) is 10.1 Å². The number of hydrogen-bond donors (Lipinski definition) is 1. The van der Waals surface area contributed by atoms with Crippen molar-refractivity contribution in [2.75, 3.05) is 5.73 Å². The Morgan fingerprint density at radius 3 is 2.74 bits per heavy atom. The Hall–Kier alpha value is -2.37. The molecule has 3 rings (SSSR count). The van der Waals surface area contributed by atoms with Crippen LogP contribution in [0, 0.1) is 19.7 Å². The van der Waals surface area contributed by atoms with Crippen LogP contribution in [0.4, 0.5) is 10.3 Å². The van der Waals surface area contributed by atoms with E-state index in [9.17, 15) is 4.39 Å². The number of fused-ring (bicyclic) bond motifs is 1. The van der Waals surface area contributed by atoms with Crippen LogP contribution in [0.1, 0.15) is 11.3 Å². The zero-order valence-electron chi connectivity index (χ0n) is 11.0. The quantitative estimate of drug-likeness (QED) is 0.728. The molecule has 0 aliphatic heterocycles. The fourth-order valence-corrected chi connectivity index (χ4v) is 2.37. The Morgan fingerprint density at radius 1 is 1.26 bits per heavy atom. The summed E-state index contributed by atoms with van der Waals surface area (Å²) in [5.74, 6) is 0.0671. The molecule has 0 saturated heterocycles. The van der Waals surface area contributed by atoms with Gasteiger partial charge in [0.2, 0.25) is 5.95 Å². The average molecular weight is 259 g/mol. The minimum atomic E-state index is -0.266. The minimum Gasteiger partial charge on any atom is -0.369 e. The number of halogens is 1. The first-order valence-electron chi connectivity index (χ1n) is 5.93. The molecule has 0 aliphatic carbocycles. The van der Waals surface area contributed by atoms with Gasteiger partial charge < -0.3 is 5.73 Å². The first kappa shape index (κ1) is 11.7. The summed E-state index contributed by atoms with van der Waals surface area (Å²) in [5.41, 5.74) is 9.50.